The highest BCUT2D eigenvalue weighted by molar-refractivity contribution is 4.98. The first-order valence-electron chi connectivity index (χ1n) is 8.72. The van der Waals surface area contributed by atoms with Crippen molar-refractivity contribution in [2.24, 2.45) is 5.92 Å². The van der Waals surface area contributed by atoms with E-state index in [-0.39, 0.29) is 12.1 Å². The molecular weight excluding hydrogens is 250 g/mol. The quantitative estimate of drug-likeness (QED) is 0.539. The Balaban J connectivity index is 2.11. The van der Waals surface area contributed by atoms with Crippen molar-refractivity contribution >= 4 is 0 Å². The summed E-state index contributed by atoms with van der Waals surface area (Å²) in [6, 6.07) is 0. The van der Waals surface area contributed by atoms with Gasteiger partial charge in [-0.25, -0.2) is 0 Å². The zero-order chi connectivity index (χ0) is 14.7. The first-order valence-corrected chi connectivity index (χ1v) is 8.72. The summed E-state index contributed by atoms with van der Waals surface area (Å²) >= 11 is 0. The molecule has 1 aliphatic carbocycles. The molecule has 0 aromatic rings. The van der Waals surface area contributed by atoms with E-state index in [4.69, 9.17) is 4.74 Å². The van der Waals surface area contributed by atoms with E-state index in [2.05, 4.69) is 19.2 Å². The lowest BCUT2D eigenvalue weighted by Crippen LogP contribution is -2.51. The van der Waals surface area contributed by atoms with Gasteiger partial charge in [-0.05, 0) is 38.1 Å². The molecule has 1 aliphatic rings. The van der Waals surface area contributed by atoms with Crippen LogP contribution in [0.5, 0.6) is 0 Å². The highest BCUT2D eigenvalue weighted by Crippen LogP contribution is 2.37. The number of hydrogen-bond acceptors (Lipinski definition) is 3. The first-order chi connectivity index (χ1) is 9.79. The lowest BCUT2D eigenvalue weighted by atomic mass is 9.85. The van der Waals surface area contributed by atoms with Crippen molar-refractivity contribution < 1.29 is 9.84 Å². The van der Waals surface area contributed by atoms with Gasteiger partial charge < -0.3 is 15.2 Å². The Hall–Kier alpha value is -0.120. The third-order valence-electron chi connectivity index (χ3n) is 4.77. The molecule has 0 aliphatic heterocycles. The van der Waals surface area contributed by atoms with Gasteiger partial charge in [0.05, 0.1) is 6.61 Å². The second-order valence-corrected chi connectivity index (χ2v) is 6.25. The van der Waals surface area contributed by atoms with E-state index in [0.29, 0.717) is 5.92 Å². The maximum absolute atomic E-state index is 9.74. The number of aliphatic hydroxyl groups excluding tert-OH is 1. The van der Waals surface area contributed by atoms with Crippen molar-refractivity contribution in [2.75, 3.05) is 26.4 Å². The first kappa shape index (κ1) is 17.9. The van der Waals surface area contributed by atoms with Crippen LogP contribution in [0.2, 0.25) is 0 Å². The van der Waals surface area contributed by atoms with Gasteiger partial charge in [0.1, 0.15) is 0 Å². The number of ether oxygens (including phenoxy) is 1. The van der Waals surface area contributed by atoms with E-state index in [1.165, 1.54) is 44.9 Å². The molecule has 0 heterocycles. The maximum atomic E-state index is 9.74. The summed E-state index contributed by atoms with van der Waals surface area (Å²) in [6.07, 6.45) is 11.2. The van der Waals surface area contributed by atoms with Gasteiger partial charge in [-0.15, -0.1) is 0 Å². The molecule has 0 spiro atoms. The Morgan fingerprint density at radius 2 is 1.95 bits per heavy atom. The van der Waals surface area contributed by atoms with Crippen LogP contribution in [0.4, 0.5) is 0 Å². The summed E-state index contributed by atoms with van der Waals surface area (Å²) < 4.78 is 5.78. The average Bonchev–Trinajstić information content (AvgIpc) is 2.86. The Labute approximate surface area is 125 Å². The molecule has 1 fully saturated rings. The van der Waals surface area contributed by atoms with Crippen LogP contribution >= 0.6 is 0 Å². The minimum Gasteiger partial charge on any atom is -0.394 e. The van der Waals surface area contributed by atoms with Crippen LogP contribution in [0.1, 0.15) is 71.6 Å². The fraction of sp³-hybridized carbons (Fsp3) is 1.00. The van der Waals surface area contributed by atoms with E-state index in [9.17, 15) is 5.11 Å². The molecule has 0 radical (unpaired) electrons. The van der Waals surface area contributed by atoms with Crippen molar-refractivity contribution in [2.45, 2.75) is 77.2 Å². The number of rotatable bonds is 12. The lowest BCUT2D eigenvalue weighted by molar-refractivity contribution is 0.0782. The second-order valence-electron chi connectivity index (χ2n) is 6.25. The molecule has 0 bridgehead atoms. The van der Waals surface area contributed by atoms with Gasteiger partial charge in [0.2, 0.25) is 0 Å². The lowest BCUT2D eigenvalue weighted by Gasteiger charge is -2.34. The molecular formula is C17H35NO2. The van der Waals surface area contributed by atoms with E-state index in [1.807, 2.05) is 0 Å². The Bertz CT molecular complexity index is 235. The van der Waals surface area contributed by atoms with Gasteiger partial charge >= 0.3 is 0 Å². The van der Waals surface area contributed by atoms with Crippen molar-refractivity contribution in [3.8, 4) is 0 Å². The van der Waals surface area contributed by atoms with Crippen LogP contribution in [0, 0.1) is 5.92 Å². The molecule has 0 aromatic heterocycles. The van der Waals surface area contributed by atoms with Crippen molar-refractivity contribution in [3.05, 3.63) is 0 Å². The average molecular weight is 285 g/mol. The van der Waals surface area contributed by atoms with Crippen LogP contribution in [-0.2, 0) is 4.74 Å². The predicted molar refractivity (Wildman–Crippen MR) is 85.0 cm³/mol. The van der Waals surface area contributed by atoms with Crippen molar-refractivity contribution in [1.29, 1.82) is 0 Å². The van der Waals surface area contributed by atoms with Crippen LogP contribution in [0.3, 0.4) is 0 Å². The van der Waals surface area contributed by atoms with E-state index >= 15 is 0 Å². The minimum absolute atomic E-state index is 0.0285. The number of unbranched alkanes of at least 4 members (excludes halogenated alkanes) is 4. The number of aliphatic hydroxyl groups is 1. The number of likely N-dealkylation sites (N-methyl/N-ethyl adjacent to an activating group) is 1. The summed E-state index contributed by atoms with van der Waals surface area (Å²) in [6.45, 7) is 7.34. The van der Waals surface area contributed by atoms with Crippen LogP contribution in [0.15, 0.2) is 0 Å². The molecule has 1 rings (SSSR count). The number of nitrogens with one attached hydrogen (secondary N) is 1. The summed E-state index contributed by atoms with van der Waals surface area (Å²) in [5, 5.41) is 13.3. The van der Waals surface area contributed by atoms with Gasteiger partial charge in [-0.2, -0.15) is 0 Å². The molecule has 20 heavy (non-hydrogen) atoms. The zero-order valence-corrected chi connectivity index (χ0v) is 13.6. The van der Waals surface area contributed by atoms with E-state index < -0.39 is 0 Å². The topological polar surface area (TPSA) is 41.5 Å². The zero-order valence-electron chi connectivity index (χ0n) is 13.6. The van der Waals surface area contributed by atoms with Crippen LogP contribution in [-0.4, -0.2) is 37.0 Å². The van der Waals surface area contributed by atoms with Gasteiger partial charge in [-0.1, -0.05) is 46.0 Å². The smallest absolute Gasteiger partial charge is 0.0616 e. The van der Waals surface area contributed by atoms with Gasteiger partial charge in [0.15, 0.2) is 0 Å². The number of hydrogen-bond donors (Lipinski definition) is 2. The Morgan fingerprint density at radius 3 is 2.65 bits per heavy atom. The Kier molecular flexibility index (Phi) is 9.49. The molecule has 120 valence electrons. The van der Waals surface area contributed by atoms with E-state index in [1.54, 1.807) is 0 Å². The molecule has 3 heteroatoms. The summed E-state index contributed by atoms with van der Waals surface area (Å²) in [5.74, 6) is 0.576. The van der Waals surface area contributed by atoms with Crippen molar-refractivity contribution in [1.82, 2.24) is 5.32 Å². The van der Waals surface area contributed by atoms with Crippen LogP contribution in [0.25, 0.3) is 0 Å². The molecule has 0 aromatic carbocycles. The van der Waals surface area contributed by atoms with Gasteiger partial charge in [-0.3, -0.25) is 0 Å². The normalized spacial score (nSPS) is 26.2. The standard InChI is InChI=1S/C17H35NO2/c1-3-5-6-7-8-13-20-14-11-16-10-9-12-17(16,15-19)18-4-2/h16,18-19H,3-15H2,1-2H3. The largest absolute Gasteiger partial charge is 0.394 e. The Morgan fingerprint density at radius 1 is 1.15 bits per heavy atom. The van der Waals surface area contributed by atoms with Gasteiger partial charge in [0, 0.05) is 18.8 Å². The second kappa shape index (κ2) is 10.6. The van der Waals surface area contributed by atoms with Crippen molar-refractivity contribution in [3.63, 3.8) is 0 Å². The molecule has 2 atom stereocenters. The monoisotopic (exact) mass is 285 g/mol. The summed E-state index contributed by atoms with van der Waals surface area (Å²) in [4.78, 5) is 0. The highest BCUT2D eigenvalue weighted by atomic mass is 16.5. The molecule has 2 N–H and O–H groups in total. The molecule has 0 amide bonds. The van der Waals surface area contributed by atoms with Crippen LogP contribution < -0.4 is 5.32 Å². The molecule has 0 saturated heterocycles. The molecule has 2 unspecified atom stereocenters. The third-order valence-corrected chi connectivity index (χ3v) is 4.77. The highest BCUT2D eigenvalue weighted by Gasteiger charge is 2.41. The maximum Gasteiger partial charge on any atom is 0.0616 e. The molecule has 3 nitrogen and oxygen atoms in total. The summed E-state index contributed by atoms with van der Waals surface area (Å²) in [7, 11) is 0. The molecule has 1 saturated carbocycles. The van der Waals surface area contributed by atoms with Gasteiger partial charge in [0.25, 0.3) is 0 Å². The summed E-state index contributed by atoms with van der Waals surface area (Å²) in [5.41, 5.74) is -0.0285. The minimum atomic E-state index is -0.0285. The fourth-order valence-corrected chi connectivity index (χ4v) is 3.55. The third kappa shape index (κ3) is 5.71. The predicted octanol–water partition coefficient (Wildman–Crippen LogP) is 3.50. The fourth-order valence-electron chi connectivity index (χ4n) is 3.55. The SMILES string of the molecule is CCCCCCCOCCC1CCCC1(CO)NCC. The van der Waals surface area contributed by atoms with E-state index in [0.717, 1.165) is 32.6 Å².